The SMILES string of the molecule is Cc1cccc(C(=O)NCC2(C)CCN(C)CC2)c1F. The summed E-state index contributed by atoms with van der Waals surface area (Å²) in [5.74, 6) is -0.732. The Morgan fingerprint density at radius 1 is 1.40 bits per heavy atom. The molecule has 0 spiro atoms. The molecule has 1 amide bonds. The fourth-order valence-electron chi connectivity index (χ4n) is 2.55. The monoisotopic (exact) mass is 278 g/mol. The Morgan fingerprint density at radius 2 is 2.05 bits per heavy atom. The summed E-state index contributed by atoms with van der Waals surface area (Å²) in [5.41, 5.74) is 0.757. The van der Waals surface area contributed by atoms with E-state index in [-0.39, 0.29) is 16.9 Å². The van der Waals surface area contributed by atoms with Gasteiger partial charge in [0.15, 0.2) is 0 Å². The molecular weight excluding hydrogens is 255 g/mol. The van der Waals surface area contributed by atoms with E-state index in [1.54, 1.807) is 19.1 Å². The average molecular weight is 278 g/mol. The Morgan fingerprint density at radius 3 is 2.70 bits per heavy atom. The number of rotatable bonds is 3. The number of carbonyl (C=O) groups is 1. The van der Waals surface area contributed by atoms with Crippen LogP contribution in [0.2, 0.25) is 0 Å². The van der Waals surface area contributed by atoms with Gasteiger partial charge in [0.2, 0.25) is 0 Å². The number of benzene rings is 1. The van der Waals surface area contributed by atoms with Crippen molar-refractivity contribution in [1.29, 1.82) is 0 Å². The second kappa shape index (κ2) is 5.92. The Labute approximate surface area is 120 Å². The Bertz CT molecular complexity index is 493. The van der Waals surface area contributed by atoms with Gasteiger partial charge >= 0.3 is 0 Å². The maximum Gasteiger partial charge on any atom is 0.254 e. The van der Waals surface area contributed by atoms with Crippen LogP contribution in [0.25, 0.3) is 0 Å². The van der Waals surface area contributed by atoms with Crippen LogP contribution in [-0.4, -0.2) is 37.5 Å². The summed E-state index contributed by atoms with van der Waals surface area (Å²) in [5, 5.41) is 2.89. The van der Waals surface area contributed by atoms with Gasteiger partial charge in [-0.3, -0.25) is 4.79 Å². The second-order valence-corrected chi connectivity index (χ2v) is 6.23. The van der Waals surface area contributed by atoms with Crippen LogP contribution in [0.3, 0.4) is 0 Å². The normalized spacial score (nSPS) is 18.8. The number of piperidine rings is 1. The minimum absolute atomic E-state index is 0.114. The third kappa shape index (κ3) is 3.37. The van der Waals surface area contributed by atoms with Crippen LogP contribution < -0.4 is 5.32 Å². The number of nitrogens with zero attached hydrogens (tertiary/aromatic N) is 1. The van der Waals surface area contributed by atoms with Gasteiger partial charge in [-0.2, -0.15) is 0 Å². The lowest BCUT2D eigenvalue weighted by atomic mass is 9.80. The molecule has 0 saturated carbocycles. The first kappa shape index (κ1) is 15.0. The molecule has 0 radical (unpaired) electrons. The Balaban J connectivity index is 1.97. The summed E-state index contributed by atoms with van der Waals surface area (Å²) in [6, 6.07) is 4.92. The number of likely N-dealkylation sites (tertiary alicyclic amines) is 1. The molecule has 3 nitrogen and oxygen atoms in total. The molecule has 1 saturated heterocycles. The van der Waals surface area contributed by atoms with Gasteiger partial charge in [-0.1, -0.05) is 19.1 Å². The molecule has 0 aliphatic carbocycles. The largest absolute Gasteiger partial charge is 0.351 e. The first-order valence-electron chi connectivity index (χ1n) is 7.13. The van der Waals surface area contributed by atoms with E-state index >= 15 is 0 Å². The Hall–Kier alpha value is -1.42. The van der Waals surface area contributed by atoms with Gasteiger partial charge in [0.05, 0.1) is 5.56 Å². The van der Waals surface area contributed by atoms with Crippen molar-refractivity contribution in [2.75, 3.05) is 26.7 Å². The standard InChI is InChI=1S/C16H23FN2O/c1-12-5-4-6-13(14(12)17)15(20)18-11-16(2)7-9-19(3)10-8-16/h4-6H,7-11H2,1-3H3,(H,18,20). The van der Waals surface area contributed by atoms with Gasteiger partial charge in [0, 0.05) is 6.54 Å². The molecule has 0 unspecified atom stereocenters. The van der Waals surface area contributed by atoms with Crippen molar-refractivity contribution in [3.8, 4) is 0 Å². The van der Waals surface area contributed by atoms with Crippen molar-refractivity contribution < 1.29 is 9.18 Å². The molecule has 1 aromatic carbocycles. The highest BCUT2D eigenvalue weighted by molar-refractivity contribution is 5.94. The molecule has 1 N–H and O–H groups in total. The van der Waals surface area contributed by atoms with E-state index in [4.69, 9.17) is 0 Å². The van der Waals surface area contributed by atoms with Crippen molar-refractivity contribution in [2.24, 2.45) is 5.41 Å². The van der Waals surface area contributed by atoms with Gasteiger partial charge in [-0.05, 0) is 56.9 Å². The Kier molecular flexibility index (Phi) is 4.43. The van der Waals surface area contributed by atoms with Crippen LogP contribution >= 0.6 is 0 Å². The minimum Gasteiger partial charge on any atom is -0.351 e. The topological polar surface area (TPSA) is 32.3 Å². The molecule has 1 fully saturated rings. The lowest BCUT2D eigenvalue weighted by Gasteiger charge is -2.37. The van der Waals surface area contributed by atoms with Crippen LogP contribution in [-0.2, 0) is 0 Å². The number of aryl methyl sites for hydroxylation is 1. The lowest BCUT2D eigenvalue weighted by Crippen LogP contribution is -2.43. The van der Waals surface area contributed by atoms with Crippen molar-refractivity contribution in [3.63, 3.8) is 0 Å². The van der Waals surface area contributed by atoms with Crippen LogP contribution in [0.4, 0.5) is 4.39 Å². The van der Waals surface area contributed by atoms with Crippen LogP contribution in [0, 0.1) is 18.2 Å². The van der Waals surface area contributed by atoms with Crippen molar-refractivity contribution >= 4 is 5.91 Å². The summed E-state index contributed by atoms with van der Waals surface area (Å²) < 4.78 is 13.9. The van der Waals surface area contributed by atoms with Gasteiger partial charge in [0.1, 0.15) is 5.82 Å². The predicted molar refractivity (Wildman–Crippen MR) is 78.3 cm³/mol. The molecule has 0 aromatic heterocycles. The zero-order valence-electron chi connectivity index (χ0n) is 12.5. The molecule has 0 atom stereocenters. The zero-order valence-corrected chi connectivity index (χ0v) is 12.5. The summed E-state index contributed by atoms with van der Waals surface area (Å²) >= 11 is 0. The number of nitrogens with one attached hydrogen (secondary N) is 1. The van der Waals surface area contributed by atoms with Crippen LogP contribution in [0.15, 0.2) is 18.2 Å². The maximum atomic E-state index is 13.9. The smallest absolute Gasteiger partial charge is 0.254 e. The third-order valence-electron chi connectivity index (χ3n) is 4.31. The highest BCUT2D eigenvalue weighted by Crippen LogP contribution is 2.29. The van der Waals surface area contributed by atoms with Crippen molar-refractivity contribution in [3.05, 3.63) is 35.1 Å². The number of hydrogen-bond acceptors (Lipinski definition) is 2. The van der Waals surface area contributed by atoms with E-state index in [1.807, 2.05) is 0 Å². The van der Waals surface area contributed by atoms with Gasteiger partial charge in [0.25, 0.3) is 5.91 Å². The number of carbonyl (C=O) groups excluding carboxylic acids is 1. The van der Waals surface area contributed by atoms with E-state index < -0.39 is 5.82 Å². The molecule has 4 heteroatoms. The van der Waals surface area contributed by atoms with Gasteiger partial charge < -0.3 is 10.2 Å². The molecular formula is C16H23FN2O. The van der Waals surface area contributed by atoms with Crippen molar-refractivity contribution in [1.82, 2.24) is 10.2 Å². The van der Waals surface area contributed by atoms with E-state index in [0.717, 1.165) is 25.9 Å². The highest BCUT2D eigenvalue weighted by atomic mass is 19.1. The van der Waals surface area contributed by atoms with E-state index in [0.29, 0.717) is 12.1 Å². The van der Waals surface area contributed by atoms with Crippen molar-refractivity contribution in [2.45, 2.75) is 26.7 Å². The van der Waals surface area contributed by atoms with E-state index in [1.165, 1.54) is 6.07 Å². The summed E-state index contributed by atoms with van der Waals surface area (Å²) in [6.45, 7) is 6.56. The first-order chi connectivity index (χ1) is 9.41. The van der Waals surface area contributed by atoms with Gasteiger partial charge in [-0.25, -0.2) is 4.39 Å². The fourth-order valence-corrected chi connectivity index (χ4v) is 2.55. The summed E-state index contributed by atoms with van der Waals surface area (Å²) in [6.07, 6.45) is 2.11. The number of amides is 1. The third-order valence-corrected chi connectivity index (χ3v) is 4.31. The molecule has 1 aliphatic rings. The number of halogens is 1. The average Bonchev–Trinajstić information content (AvgIpc) is 2.43. The molecule has 20 heavy (non-hydrogen) atoms. The molecule has 2 rings (SSSR count). The van der Waals surface area contributed by atoms with E-state index in [2.05, 4.69) is 24.2 Å². The minimum atomic E-state index is -0.418. The molecule has 110 valence electrons. The number of hydrogen-bond donors (Lipinski definition) is 1. The molecule has 1 aliphatic heterocycles. The maximum absolute atomic E-state index is 13.9. The molecule has 1 aromatic rings. The van der Waals surface area contributed by atoms with E-state index in [9.17, 15) is 9.18 Å². The van der Waals surface area contributed by atoms with Gasteiger partial charge in [-0.15, -0.1) is 0 Å². The lowest BCUT2D eigenvalue weighted by molar-refractivity contribution is 0.0887. The molecule has 1 heterocycles. The summed E-state index contributed by atoms with van der Waals surface area (Å²) in [7, 11) is 2.11. The zero-order chi connectivity index (χ0) is 14.8. The molecule has 0 bridgehead atoms. The first-order valence-corrected chi connectivity index (χ1v) is 7.13. The fraction of sp³-hybridized carbons (Fsp3) is 0.562. The van der Waals surface area contributed by atoms with Crippen LogP contribution in [0.1, 0.15) is 35.7 Å². The van der Waals surface area contributed by atoms with Crippen LogP contribution in [0.5, 0.6) is 0 Å². The summed E-state index contributed by atoms with van der Waals surface area (Å²) in [4.78, 5) is 14.4. The predicted octanol–water partition coefficient (Wildman–Crippen LogP) is 2.60. The quantitative estimate of drug-likeness (QED) is 0.921. The second-order valence-electron chi connectivity index (χ2n) is 6.23. The highest BCUT2D eigenvalue weighted by Gasteiger charge is 2.29.